The first-order valence-electron chi connectivity index (χ1n) is 6.45. The van der Waals surface area contributed by atoms with Crippen molar-refractivity contribution >= 4 is 33.4 Å². The van der Waals surface area contributed by atoms with E-state index in [0.717, 1.165) is 22.9 Å². The lowest BCUT2D eigenvalue weighted by molar-refractivity contribution is -0.125. The van der Waals surface area contributed by atoms with Gasteiger partial charge in [0.25, 0.3) is 0 Å². The Morgan fingerprint density at radius 1 is 1.40 bits per heavy atom. The first-order valence-corrected chi connectivity index (χ1v) is 7.25. The lowest BCUT2D eigenvalue weighted by Gasteiger charge is -2.12. The van der Waals surface area contributed by atoms with Gasteiger partial charge in [0.05, 0.1) is 13.2 Å². The number of halogens is 1. The van der Waals surface area contributed by atoms with Crippen molar-refractivity contribution in [2.75, 3.05) is 19.0 Å². The monoisotopic (exact) mass is 340 g/mol. The van der Waals surface area contributed by atoms with E-state index in [0.29, 0.717) is 12.3 Å². The molecule has 0 unspecified atom stereocenters. The third-order valence-corrected chi connectivity index (χ3v) is 3.80. The molecule has 0 atom stereocenters. The number of anilines is 1. The molecule has 2 N–H and O–H groups in total. The fourth-order valence-corrected chi connectivity index (χ4v) is 2.30. The standard InChI is InChI=1S/C14H17BrN2O3/c1-20-8-10-11(15)3-2-4-12(10)17-13(18)7-16-14(19)9-5-6-9/h2-4,9H,5-8H2,1H3,(H,16,19)(H,17,18). The van der Waals surface area contributed by atoms with Crippen LogP contribution in [0.2, 0.25) is 0 Å². The second-order valence-corrected chi connectivity index (χ2v) is 5.59. The highest BCUT2D eigenvalue weighted by Gasteiger charge is 2.29. The highest BCUT2D eigenvalue weighted by molar-refractivity contribution is 9.10. The van der Waals surface area contributed by atoms with Gasteiger partial charge < -0.3 is 15.4 Å². The Labute approximate surface area is 126 Å². The quantitative estimate of drug-likeness (QED) is 0.832. The van der Waals surface area contributed by atoms with E-state index in [4.69, 9.17) is 4.74 Å². The van der Waals surface area contributed by atoms with Crippen LogP contribution >= 0.6 is 15.9 Å². The van der Waals surface area contributed by atoms with Gasteiger partial charge in [0, 0.05) is 28.8 Å². The number of rotatable bonds is 6. The molecule has 0 spiro atoms. The van der Waals surface area contributed by atoms with Gasteiger partial charge in [-0.25, -0.2) is 0 Å². The molecular formula is C14H17BrN2O3. The second kappa shape index (κ2) is 6.85. The van der Waals surface area contributed by atoms with Crippen LogP contribution in [0.5, 0.6) is 0 Å². The number of amides is 2. The predicted octanol–water partition coefficient (Wildman–Crippen LogP) is 2.06. The Balaban J connectivity index is 1.92. The molecule has 1 saturated carbocycles. The highest BCUT2D eigenvalue weighted by Crippen LogP contribution is 2.28. The summed E-state index contributed by atoms with van der Waals surface area (Å²) in [4.78, 5) is 23.3. The molecule has 1 aromatic carbocycles. The van der Waals surface area contributed by atoms with Crippen molar-refractivity contribution in [3.05, 3.63) is 28.2 Å². The van der Waals surface area contributed by atoms with E-state index >= 15 is 0 Å². The minimum atomic E-state index is -0.241. The molecule has 2 amide bonds. The normalized spacial score (nSPS) is 13.9. The molecule has 0 bridgehead atoms. The van der Waals surface area contributed by atoms with Crippen molar-refractivity contribution in [3.63, 3.8) is 0 Å². The maximum absolute atomic E-state index is 11.8. The molecule has 1 aliphatic rings. The lowest BCUT2D eigenvalue weighted by atomic mass is 10.2. The maximum atomic E-state index is 11.8. The zero-order chi connectivity index (χ0) is 14.5. The minimum Gasteiger partial charge on any atom is -0.380 e. The Hall–Kier alpha value is -1.40. The lowest BCUT2D eigenvalue weighted by Crippen LogP contribution is -2.33. The van der Waals surface area contributed by atoms with E-state index in [-0.39, 0.29) is 24.3 Å². The van der Waals surface area contributed by atoms with Crippen LogP contribution in [0.25, 0.3) is 0 Å². The van der Waals surface area contributed by atoms with E-state index < -0.39 is 0 Å². The molecule has 108 valence electrons. The molecule has 20 heavy (non-hydrogen) atoms. The summed E-state index contributed by atoms with van der Waals surface area (Å²) in [5.74, 6) is -0.168. The van der Waals surface area contributed by atoms with Crippen LogP contribution in [-0.4, -0.2) is 25.5 Å². The highest BCUT2D eigenvalue weighted by atomic mass is 79.9. The zero-order valence-electron chi connectivity index (χ0n) is 11.2. The number of methoxy groups -OCH3 is 1. The van der Waals surface area contributed by atoms with E-state index in [9.17, 15) is 9.59 Å². The van der Waals surface area contributed by atoms with E-state index in [1.54, 1.807) is 13.2 Å². The molecule has 0 heterocycles. The Morgan fingerprint density at radius 2 is 2.15 bits per heavy atom. The van der Waals surface area contributed by atoms with Crippen molar-refractivity contribution in [2.45, 2.75) is 19.4 Å². The van der Waals surface area contributed by atoms with Crippen LogP contribution in [0.4, 0.5) is 5.69 Å². The third kappa shape index (κ3) is 4.05. The Bertz CT molecular complexity index is 515. The summed E-state index contributed by atoms with van der Waals surface area (Å²) >= 11 is 3.43. The Morgan fingerprint density at radius 3 is 2.80 bits per heavy atom. The molecular weight excluding hydrogens is 324 g/mol. The van der Waals surface area contributed by atoms with E-state index in [2.05, 4.69) is 26.6 Å². The number of nitrogens with one attached hydrogen (secondary N) is 2. The molecule has 6 heteroatoms. The summed E-state index contributed by atoms with van der Waals surface area (Å²) < 4.78 is 5.99. The van der Waals surface area contributed by atoms with Gasteiger partial charge in [-0.3, -0.25) is 9.59 Å². The van der Waals surface area contributed by atoms with Gasteiger partial charge in [-0.2, -0.15) is 0 Å². The van der Waals surface area contributed by atoms with Gasteiger partial charge in [-0.1, -0.05) is 22.0 Å². The number of benzene rings is 1. The first-order chi connectivity index (χ1) is 9.61. The summed E-state index contributed by atoms with van der Waals surface area (Å²) in [6.45, 7) is 0.389. The summed E-state index contributed by atoms with van der Waals surface area (Å²) in [6.07, 6.45) is 1.86. The van der Waals surface area contributed by atoms with Crippen LogP contribution in [0.15, 0.2) is 22.7 Å². The average Bonchev–Trinajstić information content (AvgIpc) is 3.24. The van der Waals surface area contributed by atoms with Crippen LogP contribution in [-0.2, 0) is 20.9 Å². The third-order valence-electron chi connectivity index (χ3n) is 3.05. The number of ether oxygens (including phenoxy) is 1. The number of hydrogen-bond acceptors (Lipinski definition) is 3. The molecule has 5 nitrogen and oxygen atoms in total. The molecule has 0 aromatic heterocycles. The van der Waals surface area contributed by atoms with Crippen molar-refractivity contribution in [1.29, 1.82) is 0 Å². The Kier molecular flexibility index (Phi) is 5.14. The molecule has 1 aromatic rings. The van der Waals surface area contributed by atoms with Crippen LogP contribution < -0.4 is 10.6 Å². The van der Waals surface area contributed by atoms with Crippen LogP contribution in [0, 0.1) is 5.92 Å². The molecule has 0 radical (unpaired) electrons. The van der Waals surface area contributed by atoms with Crippen molar-refractivity contribution in [2.24, 2.45) is 5.92 Å². The SMILES string of the molecule is COCc1c(Br)cccc1NC(=O)CNC(=O)C1CC1. The first kappa shape index (κ1) is 15.0. The molecule has 1 aliphatic carbocycles. The van der Waals surface area contributed by atoms with Gasteiger partial charge in [0.15, 0.2) is 0 Å². The van der Waals surface area contributed by atoms with E-state index in [1.807, 2.05) is 12.1 Å². The summed E-state index contributed by atoms with van der Waals surface area (Å²) in [5.41, 5.74) is 1.56. The summed E-state index contributed by atoms with van der Waals surface area (Å²) in [5, 5.41) is 5.42. The molecule has 2 rings (SSSR count). The maximum Gasteiger partial charge on any atom is 0.243 e. The number of hydrogen-bond donors (Lipinski definition) is 2. The summed E-state index contributed by atoms with van der Waals surface area (Å²) in [7, 11) is 1.60. The van der Waals surface area contributed by atoms with Crippen molar-refractivity contribution < 1.29 is 14.3 Å². The fraction of sp³-hybridized carbons (Fsp3) is 0.429. The zero-order valence-corrected chi connectivity index (χ0v) is 12.8. The second-order valence-electron chi connectivity index (χ2n) is 4.74. The smallest absolute Gasteiger partial charge is 0.243 e. The van der Waals surface area contributed by atoms with Crippen molar-refractivity contribution in [3.8, 4) is 0 Å². The van der Waals surface area contributed by atoms with Crippen molar-refractivity contribution in [1.82, 2.24) is 5.32 Å². The van der Waals surface area contributed by atoms with Gasteiger partial charge in [-0.15, -0.1) is 0 Å². The van der Waals surface area contributed by atoms with Gasteiger partial charge in [-0.05, 0) is 25.0 Å². The van der Waals surface area contributed by atoms with Gasteiger partial charge >= 0.3 is 0 Å². The molecule has 0 saturated heterocycles. The molecule has 0 aliphatic heterocycles. The molecule has 1 fully saturated rings. The van der Waals surface area contributed by atoms with Crippen LogP contribution in [0.1, 0.15) is 18.4 Å². The van der Waals surface area contributed by atoms with E-state index in [1.165, 1.54) is 0 Å². The topological polar surface area (TPSA) is 67.4 Å². The minimum absolute atomic E-state index is 0.00569. The average molecular weight is 341 g/mol. The number of carbonyl (C=O) groups excluding carboxylic acids is 2. The van der Waals surface area contributed by atoms with Gasteiger partial charge in [0.2, 0.25) is 11.8 Å². The fourth-order valence-electron chi connectivity index (χ4n) is 1.82. The number of carbonyl (C=O) groups is 2. The van der Waals surface area contributed by atoms with Gasteiger partial charge in [0.1, 0.15) is 0 Å². The summed E-state index contributed by atoms with van der Waals surface area (Å²) in [6, 6.07) is 5.53. The van der Waals surface area contributed by atoms with Crippen LogP contribution in [0.3, 0.4) is 0 Å². The predicted molar refractivity (Wildman–Crippen MR) is 79.2 cm³/mol. The largest absolute Gasteiger partial charge is 0.380 e.